The number of rotatable bonds is 15. The van der Waals surface area contributed by atoms with Crippen LogP contribution in [-0.2, 0) is 16.1 Å². The molecular formula is C34H39F9O5. The van der Waals surface area contributed by atoms with Gasteiger partial charge in [-0.1, -0.05) is 31.9 Å². The Labute approximate surface area is 273 Å². The third kappa shape index (κ3) is 10.9. The van der Waals surface area contributed by atoms with E-state index in [-0.39, 0.29) is 18.8 Å². The summed E-state index contributed by atoms with van der Waals surface area (Å²) in [7, 11) is 0. The zero-order valence-electron chi connectivity index (χ0n) is 26.4. The van der Waals surface area contributed by atoms with Crippen molar-refractivity contribution in [2.75, 3.05) is 13.2 Å². The Morgan fingerprint density at radius 3 is 1.92 bits per heavy atom. The van der Waals surface area contributed by atoms with Crippen LogP contribution in [0.5, 0.6) is 17.2 Å². The summed E-state index contributed by atoms with van der Waals surface area (Å²) >= 11 is 0. The molecule has 2 fully saturated rings. The van der Waals surface area contributed by atoms with E-state index in [0.29, 0.717) is 56.2 Å². The first kappa shape index (κ1) is 37.7. The zero-order valence-corrected chi connectivity index (χ0v) is 26.4. The van der Waals surface area contributed by atoms with Gasteiger partial charge in [0.1, 0.15) is 12.4 Å². The van der Waals surface area contributed by atoms with E-state index in [1.54, 1.807) is 0 Å². The Bertz CT molecular complexity index is 1300. The van der Waals surface area contributed by atoms with E-state index < -0.39 is 77.4 Å². The number of alkyl halides is 5. The lowest BCUT2D eigenvalue weighted by molar-refractivity contribution is -0.276. The highest BCUT2D eigenvalue weighted by molar-refractivity contribution is 5.36. The average molecular weight is 699 g/mol. The highest BCUT2D eigenvalue weighted by Crippen LogP contribution is 2.43. The number of hydrogen-bond acceptors (Lipinski definition) is 5. The van der Waals surface area contributed by atoms with Crippen molar-refractivity contribution in [1.82, 2.24) is 0 Å². The van der Waals surface area contributed by atoms with Crippen molar-refractivity contribution in [3.05, 3.63) is 65.2 Å². The number of halogens is 9. The molecule has 0 atom stereocenters. The van der Waals surface area contributed by atoms with Gasteiger partial charge in [-0.3, -0.25) is 0 Å². The minimum atomic E-state index is -5.36. The lowest BCUT2D eigenvalue weighted by Crippen LogP contribution is -2.42. The molecule has 0 unspecified atom stereocenters. The Kier molecular flexibility index (Phi) is 13.3. The van der Waals surface area contributed by atoms with Crippen molar-refractivity contribution in [3.8, 4) is 17.2 Å². The van der Waals surface area contributed by atoms with Gasteiger partial charge < -0.3 is 23.7 Å². The fourth-order valence-electron chi connectivity index (χ4n) is 5.86. The predicted molar refractivity (Wildman–Crippen MR) is 156 cm³/mol. The summed E-state index contributed by atoms with van der Waals surface area (Å²) in [5.41, 5.74) is -0.425. The molecule has 0 amide bonds. The third-order valence-electron chi connectivity index (χ3n) is 8.36. The van der Waals surface area contributed by atoms with Crippen molar-refractivity contribution in [3.63, 3.8) is 0 Å². The van der Waals surface area contributed by atoms with Gasteiger partial charge in [-0.15, -0.1) is 13.2 Å². The minimum absolute atomic E-state index is 0.0664. The van der Waals surface area contributed by atoms with Gasteiger partial charge in [-0.25, -0.2) is 17.6 Å². The summed E-state index contributed by atoms with van der Waals surface area (Å²) in [5, 5.41) is 0. The van der Waals surface area contributed by atoms with Crippen LogP contribution >= 0.6 is 0 Å². The molecular weight excluding hydrogens is 659 g/mol. The molecule has 14 heteroatoms. The lowest BCUT2D eigenvalue weighted by atomic mass is 9.80. The molecule has 268 valence electrons. The second-order valence-corrected chi connectivity index (χ2v) is 12.2. The van der Waals surface area contributed by atoms with Gasteiger partial charge >= 0.3 is 12.5 Å². The van der Waals surface area contributed by atoms with Gasteiger partial charge in [0.25, 0.3) is 0 Å². The molecule has 2 aromatic carbocycles. The molecule has 1 heterocycles. The van der Waals surface area contributed by atoms with Crippen LogP contribution in [0.1, 0.15) is 76.7 Å². The minimum Gasteiger partial charge on any atom is -0.483 e. The molecule has 0 radical (unpaired) electrons. The first-order valence-corrected chi connectivity index (χ1v) is 16.1. The molecule has 1 aliphatic heterocycles. The van der Waals surface area contributed by atoms with Gasteiger partial charge in [0.15, 0.2) is 35.3 Å². The molecule has 4 rings (SSSR count). The van der Waals surface area contributed by atoms with Crippen LogP contribution in [0.4, 0.5) is 39.5 Å². The molecule has 2 aromatic rings. The molecule has 48 heavy (non-hydrogen) atoms. The molecule has 0 N–H and O–H groups in total. The predicted octanol–water partition coefficient (Wildman–Crippen LogP) is 10.4. The van der Waals surface area contributed by atoms with Crippen LogP contribution in [0.15, 0.2) is 36.4 Å². The van der Waals surface area contributed by atoms with Crippen molar-refractivity contribution >= 4 is 0 Å². The number of benzene rings is 2. The largest absolute Gasteiger partial charge is 0.573 e. The molecule has 0 bridgehead atoms. The first-order chi connectivity index (χ1) is 22.8. The van der Waals surface area contributed by atoms with Gasteiger partial charge in [0, 0.05) is 24.0 Å². The van der Waals surface area contributed by atoms with Crippen molar-refractivity contribution in [2.24, 2.45) is 17.8 Å². The highest BCUT2D eigenvalue weighted by atomic mass is 19.4. The smallest absolute Gasteiger partial charge is 0.483 e. The first-order valence-electron chi connectivity index (χ1n) is 16.1. The second kappa shape index (κ2) is 17.0. The normalized spacial score (nSPS) is 22.2. The zero-order chi connectivity index (χ0) is 34.9. The lowest BCUT2D eigenvalue weighted by Gasteiger charge is -2.39. The summed E-state index contributed by atoms with van der Waals surface area (Å²) in [6.45, 7) is 2.39. The van der Waals surface area contributed by atoms with Gasteiger partial charge in [0.05, 0.1) is 19.1 Å². The van der Waals surface area contributed by atoms with Crippen molar-refractivity contribution < 1.29 is 63.2 Å². The fraction of sp³-hybridized carbons (Fsp3) is 0.588. The Balaban J connectivity index is 1.23. The molecule has 2 aliphatic rings. The standard InChI is InChI=1S/C34H39F9O5/c1-2-3-4-5-6-7-8-9-21-18-45-32(46-19-21)23-10-12-24(13-11-23)33(39,40)47-25-16-28(37)30(29(38)17-25)44-20-22-14-26(35)31(27(36)15-22)48-34(41,42)43/h4-5,14-17,21,23-24,32H,2-3,6-13,18-20H2,1H3/b5-4+. The van der Waals surface area contributed by atoms with E-state index in [2.05, 4.69) is 23.8 Å². The maximum atomic E-state index is 15.1. The van der Waals surface area contributed by atoms with E-state index in [0.717, 1.165) is 38.5 Å². The van der Waals surface area contributed by atoms with Crippen LogP contribution in [0.25, 0.3) is 0 Å². The van der Waals surface area contributed by atoms with Gasteiger partial charge in [-0.2, -0.15) is 8.78 Å². The van der Waals surface area contributed by atoms with E-state index >= 15 is 8.78 Å². The summed E-state index contributed by atoms with van der Waals surface area (Å²) in [6.07, 6.45) is 2.23. The summed E-state index contributed by atoms with van der Waals surface area (Å²) in [4.78, 5) is 0. The monoisotopic (exact) mass is 698 g/mol. The molecule has 0 aromatic heterocycles. The number of ether oxygens (including phenoxy) is 5. The Morgan fingerprint density at radius 2 is 1.33 bits per heavy atom. The average Bonchev–Trinajstić information content (AvgIpc) is 3.02. The SMILES string of the molecule is CCC/C=C/CCCCC1COC(C2CCC(C(F)(F)Oc3cc(F)c(OCc4cc(F)c(OC(F)(F)F)c(F)c4)c(F)c3)CC2)OC1. The Hall–Kier alpha value is -3.13. The highest BCUT2D eigenvalue weighted by Gasteiger charge is 2.46. The maximum Gasteiger partial charge on any atom is 0.573 e. The van der Waals surface area contributed by atoms with Gasteiger partial charge in [-0.05, 0) is 69.1 Å². The van der Waals surface area contributed by atoms with Crippen molar-refractivity contribution in [1.29, 1.82) is 0 Å². The molecule has 1 saturated heterocycles. The van der Waals surface area contributed by atoms with E-state index in [9.17, 15) is 30.7 Å². The van der Waals surface area contributed by atoms with E-state index in [1.165, 1.54) is 0 Å². The van der Waals surface area contributed by atoms with E-state index in [4.69, 9.17) is 18.9 Å². The van der Waals surface area contributed by atoms with Gasteiger partial charge in [0.2, 0.25) is 5.75 Å². The maximum absolute atomic E-state index is 15.1. The topological polar surface area (TPSA) is 46.2 Å². The molecule has 0 spiro atoms. The molecule has 5 nitrogen and oxygen atoms in total. The number of allylic oxidation sites excluding steroid dienone is 2. The van der Waals surface area contributed by atoms with Crippen LogP contribution in [0.2, 0.25) is 0 Å². The van der Waals surface area contributed by atoms with Crippen LogP contribution in [0, 0.1) is 41.0 Å². The number of unbranched alkanes of at least 4 members (excludes halogenated alkanes) is 3. The number of hydrogen-bond donors (Lipinski definition) is 0. The fourth-order valence-corrected chi connectivity index (χ4v) is 5.86. The van der Waals surface area contributed by atoms with Crippen LogP contribution < -0.4 is 14.2 Å². The van der Waals surface area contributed by atoms with E-state index in [1.807, 2.05) is 0 Å². The molecule has 1 saturated carbocycles. The Morgan fingerprint density at radius 1 is 0.750 bits per heavy atom. The third-order valence-corrected chi connectivity index (χ3v) is 8.36. The summed E-state index contributed by atoms with van der Waals surface area (Å²) in [5.74, 6) is -10.9. The summed E-state index contributed by atoms with van der Waals surface area (Å²) < 4.78 is 149. The second-order valence-electron chi connectivity index (χ2n) is 12.2. The van der Waals surface area contributed by atoms with Crippen LogP contribution in [0.3, 0.4) is 0 Å². The van der Waals surface area contributed by atoms with Crippen molar-refractivity contribution in [2.45, 2.75) is 96.5 Å². The molecule has 1 aliphatic carbocycles. The summed E-state index contributed by atoms with van der Waals surface area (Å²) in [6, 6.07) is 1.80. The van der Waals surface area contributed by atoms with Crippen LogP contribution in [-0.4, -0.2) is 32.0 Å². The quantitative estimate of drug-likeness (QED) is 0.105.